The molecule has 0 fully saturated rings. The SMILES string of the molecule is OCC(CO)NCc1ccc(O)cn1. The zero-order chi connectivity index (χ0) is 10.4. The van der Waals surface area contributed by atoms with Crippen molar-refractivity contribution < 1.29 is 15.3 Å². The third-order valence-corrected chi connectivity index (χ3v) is 1.82. The number of rotatable bonds is 5. The smallest absolute Gasteiger partial charge is 0.133 e. The van der Waals surface area contributed by atoms with E-state index < -0.39 is 0 Å². The second kappa shape index (κ2) is 5.54. The Morgan fingerprint density at radius 2 is 2.00 bits per heavy atom. The highest BCUT2D eigenvalue weighted by Gasteiger charge is 2.04. The number of aliphatic hydroxyl groups excluding tert-OH is 2. The van der Waals surface area contributed by atoms with Crippen LogP contribution in [-0.4, -0.2) is 39.6 Å². The van der Waals surface area contributed by atoms with Crippen LogP contribution in [0.3, 0.4) is 0 Å². The first-order valence-corrected chi connectivity index (χ1v) is 4.35. The van der Waals surface area contributed by atoms with E-state index in [9.17, 15) is 0 Å². The van der Waals surface area contributed by atoms with E-state index in [1.807, 2.05) is 0 Å². The Labute approximate surface area is 82.0 Å². The quantitative estimate of drug-likeness (QED) is 0.499. The number of nitrogens with one attached hydrogen (secondary N) is 1. The second-order valence-corrected chi connectivity index (χ2v) is 2.95. The van der Waals surface area contributed by atoms with Gasteiger partial charge in [0.15, 0.2) is 0 Å². The predicted octanol–water partition coefficient (Wildman–Crippen LogP) is -0.770. The minimum Gasteiger partial charge on any atom is -0.506 e. The van der Waals surface area contributed by atoms with Gasteiger partial charge >= 0.3 is 0 Å². The third kappa shape index (κ3) is 3.29. The molecular weight excluding hydrogens is 184 g/mol. The first-order valence-electron chi connectivity index (χ1n) is 4.35. The highest BCUT2D eigenvalue weighted by molar-refractivity contribution is 5.17. The predicted molar refractivity (Wildman–Crippen MR) is 50.7 cm³/mol. The van der Waals surface area contributed by atoms with Gasteiger partial charge in [-0.05, 0) is 12.1 Å². The lowest BCUT2D eigenvalue weighted by molar-refractivity contribution is 0.170. The molecule has 78 valence electrons. The van der Waals surface area contributed by atoms with Gasteiger partial charge in [-0.3, -0.25) is 4.98 Å². The average Bonchev–Trinajstić information content (AvgIpc) is 2.22. The van der Waals surface area contributed by atoms with Crippen molar-refractivity contribution in [2.75, 3.05) is 13.2 Å². The largest absolute Gasteiger partial charge is 0.506 e. The molecule has 0 atom stereocenters. The van der Waals surface area contributed by atoms with E-state index in [4.69, 9.17) is 15.3 Å². The lowest BCUT2D eigenvalue weighted by Crippen LogP contribution is -2.35. The first kappa shape index (κ1) is 10.9. The summed E-state index contributed by atoms with van der Waals surface area (Å²) in [5.41, 5.74) is 0.745. The molecule has 14 heavy (non-hydrogen) atoms. The van der Waals surface area contributed by atoms with Gasteiger partial charge in [-0.25, -0.2) is 0 Å². The highest BCUT2D eigenvalue weighted by Crippen LogP contribution is 2.05. The van der Waals surface area contributed by atoms with Gasteiger partial charge in [0.2, 0.25) is 0 Å². The van der Waals surface area contributed by atoms with Crippen molar-refractivity contribution in [3.63, 3.8) is 0 Å². The van der Waals surface area contributed by atoms with E-state index in [1.54, 1.807) is 6.07 Å². The maximum Gasteiger partial charge on any atom is 0.133 e. The number of hydrogen-bond acceptors (Lipinski definition) is 5. The highest BCUT2D eigenvalue weighted by atomic mass is 16.3. The number of aromatic hydroxyl groups is 1. The van der Waals surface area contributed by atoms with Crippen LogP contribution in [0.25, 0.3) is 0 Å². The van der Waals surface area contributed by atoms with Gasteiger partial charge in [-0.1, -0.05) is 0 Å². The van der Waals surface area contributed by atoms with Crippen LogP contribution >= 0.6 is 0 Å². The topological polar surface area (TPSA) is 85.6 Å². The molecule has 0 radical (unpaired) electrons. The fourth-order valence-electron chi connectivity index (χ4n) is 0.957. The lowest BCUT2D eigenvalue weighted by Gasteiger charge is -2.12. The fraction of sp³-hybridized carbons (Fsp3) is 0.444. The average molecular weight is 198 g/mol. The molecule has 1 rings (SSSR count). The van der Waals surface area contributed by atoms with E-state index in [-0.39, 0.29) is 25.0 Å². The molecule has 0 aliphatic carbocycles. The molecule has 5 nitrogen and oxygen atoms in total. The molecular formula is C9H14N2O3. The zero-order valence-corrected chi connectivity index (χ0v) is 7.72. The second-order valence-electron chi connectivity index (χ2n) is 2.95. The van der Waals surface area contributed by atoms with Crippen molar-refractivity contribution in [1.82, 2.24) is 10.3 Å². The Morgan fingerprint density at radius 3 is 2.50 bits per heavy atom. The summed E-state index contributed by atoms with van der Waals surface area (Å²) in [4.78, 5) is 3.94. The van der Waals surface area contributed by atoms with E-state index in [0.29, 0.717) is 6.54 Å². The van der Waals surface area contributed by atoms with Crippen LogP contribution in [0.4, 0.5) is 0 Å². The molecule has 4 N–H and O–H groups in total. The van der Waals surface area contributed by atoms with Crippen molar-refractivity contribution in [2.45, 2.75) is 12.6 Å². The summed E-state index contributed by atoms with van der Waals surface area (Å²) in [6.45, 7) is 0.217. The minimum atomic E-state index is -0.328. The standard InChI is InChI=1S/C9H14N2O3/c12-5-8(6-13)10-3-7-1-2-9(14)4-11-7/h1-2,4,8,10,12-14H,3,5-6H2. The van der Waals surface area contributed by atoms with Crippen LogP contribution in [0.1, 0.15) is 5.69 Å². The fourth-order valence-corrected chi connectivity index (χ4v) is 0.957. The number of pyridine rings is 1. The Morgan fingerprint density at radius 1 is 1.29 bits per heavy atom. The summed E-state index contributed by atoms with van der Waals surface area (Å²) in [7, 11) is 0. The molecule has 0 saturated heterocycles. The molecule has 1 heterocycles. The van der Waals surface area contributed by atoms with Gasteiger partial charge < -0.3 is 20.6 Å². The maximum atomic E-state index is 8.96. The van der Waals surface area contributed by atoms with Gasteiger partial charge in [0.1, 0.15) is 5.75 Å². The lowest BCUT2D eigenvalue weighted by atomic mass is 10.3. The van der Waals surface area contributed by atoms with Gasteiger partial charge in [0.25, 0.3) is 0 Å². The molecule has 0 aliphatic rings. The van der Waals surface area contributed by atoms with Crippen LogP contribution < -0.4 is 5.32 Å². The Bertz CT molecular complexity index is 259. The number of hydrogen-bond donors (Lipinski definition) is 4. The number of nitrogens with zero attached hydrogens (tertiary/aromatic N) is 1. The molecule has 0 saturated carbocycles. The summed E-state index contributed by atoms with van der Waals surface area (Å²) in [6.07, 6.45) is 1.35. The Hall–Kier alpha value is -1.17. The van der Waals surface area contributed by atoms with E-state index in [1.165, 1.54) is 12.3 Å². The van der Waals surface area contributed by atoms with Gasteiger partial charge in [0.05, 0.1) is 31.1 Å². The number of aliphatic hydroxyl groups is 2. The van der Waals surface area contributed by atoms with Crippen molar-refractivity contribution >= 4 is 0 Å². The monoisotopic (exact) mass is 198 g/mol. The molecule has 1 aromatic heterocycles. The molecule has 0 aromatic carbocycles. The van der Waals surface area contributed by atoms with Crippen LogP contribution in [0, 0.1) is 0 Å². The Kier molecular flexibility index (Phi) is 4.31. The van der Waals surface area contributed by atoms with Crippen LogP contribution in [0.5, 0.6) is 5.75 Å². The summed E-state index contributed by atoms with van der Waals surface area (Å²) in [5.74, 6) is 0.120. The molecule has 0 amide bonds. The van der Waals surface area contributed by atoms with E-state index in [2.05, 4.69) is 10.3 Å². The summed E-state index contributed by atoms with van der Waals surface area (Å²) >= 11 is 0. The normalized spacial score (nSPS) is 10.8. The first-order chi connectivity index (χ1) is 6.76. The van der Waals surface area contributed by atoms with Gasteiger partial charge in [-0.2, -0.15) is 0 Å². The number of aromatic nitrogens is 1. The van der Waals surface area contributed by atoms with Gasteiger partial charge in [-0.15, -0.1) is 0 Å². The van der Waals surface area contributed by atoms with Crippen molar-refractivity contribution in [2.24, 2.45) is 0 Å². The Balaban J connectivity index is 2.41. The summed E-state index contributed by atoms with van der Waals surface area (Å²) in [5, 5.41) is 29.4. The van der Waals surface area contributed by atoms with E-state index in [0.717, 1.165) is 5.69 Å². The zero-order valence-electron chi connectivity index (χ0n) is 7.72. The van der Waals surface area contributed by atoms with Crippen molar-refractivity contribution in [3.05, 3.63) is 24.0 Å². The minimum absolute atomic E-state index is 0.116. The molecule has 0 bridgehead atoms. The van der Waals surface area contributed by atoms with E-state index >= 15 is 0 Å². The maximum absolute atomic E-state index is 8.96. The van der Waals surface area contributed by atoms with Crippen molar-refractivity contribution in [3.8, 4) is 5.75 Å². The molecule has 5 heteroatoms. The molecule has 1 aromatic rings. The van der Waals surface area contributed by atoms with Crippen LogP contribution in [0.15, 0.2) is 18.3 Å². The van der Waals surface area contributed by atoms with Gasteiger partial charge in [0, 0.05) is 6.54 Å². The molecule has 0 aliphatic heterocycles. The van der Waals surface area contributed by atoms with Crippen LogP contribution in [-0.2, 0) is 6.54 Å². The van der Waals surface area contributed by atoms with Crippen molar-refractivity contribution in [1.29, 1.82) is 0 Å². The molecule has 0 spiro atoms. The summed E-state index contributed by atoms with van der Waals surface area (Å²) in [6, 6.07) is 2.89. The summed E-state index contributed by atoms with van der Waals surface area (Å²) < 4.78 is 0. The third-order valence-electron chi connectivity index (χ3n) is 1.82. The molecule has 0 unspecified atom stereocenters. The van der Waals surface area contributed by atoms with Crippen LogP contribution in [0.2, 0.25) is 0 Å².